The Morgan fingerprint density at radius 1 is 1.20 bits per heavy atom. The highest BCUT2D eigenvalue weighted by molar-refractivity contribution is 6.10. The molecule has 1 heterocycles. The first-order chi connectivity index (χ1) is 12.2. The molecule has 25 heavy (non-hydrogen) atoms. The Kier molecular flexibility index (Phi) is 5.22. The molecule has 5 heteroatoms. The number of fused-ring (bicyclic) bond motifs is 1. The molecule has 0 N–H and O–H groups in total. The van der Waals surface area contributed by atoms with Crippen LogP contribution >= 0.6 is 0 Å². The van der Waals surface area contributed by atoms with E-state index in [4.69, 9.17) is 9.47 Å². The monoisotopic (exact) mass is 341 g/mol. The third kappa shape index (κ3) is 3.31. The number of carbonyl (C=O) groups excluding carboxylic acids is 2. The van der Waals surface area contributed by atoms with Gasteiger partial charge in [-0.05, 0) is 36.1 Å². The van der Waals surface area contributed by atoms with Crippen molar-refractivity contribution >= 4 is 22.6 Å². The SMILES string of the molecule is CCCOc1ccc2ccccc2c1C(=O)N1CCC[C@H]1C(=O)OC. The van der Waals surface area contributed by atoms with Crippen LogP contribution in [-0.4, -0.2) is 43.1 Å². The number of esters is 1. The number of amides is 1. The van der Waals surface area contributed by atoms with E-state index in [1.807, 2.05) is 43.3 Å². The van der Waals surface area contributed by atoms with E-state index in [0.29, 0.717) is 30.9 Å². The number of rotatable bonds is 5. The van der Waals surface area contributed by atoms with Gasteiger partial charge in [0.2, 0.25) is 0 Å². The van der Waals surface area contributed by atoms with Gasteiger partial charge in [0, 0.05) is 6.54 Å². The number of carbonyl (C=O) groups is 2. The molecule has 1 atom stereocenters. The lowest BCUT2D eigenvalue weighted by Crippen LogP contribution is -2.41. The molecule has 1 saturated heterocycles. The molecule has 3 rings (SSSR count). The summed E-state index contributed by atoms with van der Waals surface area (Å²) in [5.74, 6) is 0.0407. The minimum absolute atomic E-state index is 0.171. The van der Waals surface area contributed by atoms with E-state index in [2.05, 4.69) is 0 Å². The summed E-state index contributed by atoms with van der Waals surface area (Å²) in [7, 11) is 1.36. The van der Waals surface area contributed by atoms with Crippen LogP contribution in [-0.2, 0) is 9.53 Å². The Labute approximate surface area is 147 Å². The normalized spacial score (nSPS) is 16.9. The van der Waals surface area contributed by atoms with Crippen molar-refractivity contribution in [3.8, 4) is 5.75 Å². The molecule has 0 spiro atoms. The van der Waals surface area contributed by atoms with E-state index in [1.165, 1.54) is 7.11 Å². The van der Waals surface area contributed by atoms with Crippen molar-refractivity contribution in [1.29, 1.82) is 0 Å². The van der Waals surface area contributed by atoms with Gasteiger partial charge in [0.05, 0.1) is 19.3 Å². The molecule has 1 amide bonds. The second-order valence-electron chi connectivity index (χ2n) is 6.19. The average molecular weight is 341 g/mol. The first kappa shape index (κ1) is 17.3. The van der Waals surface area contributed by atoms with Gasteiger partial charge in [0.15, 0.2) is 0 Å². The van der Waals surface area contributed by atoms with Crippen molar-refractivity contribution in [2.75, 3.05) is 20.3 Å². The zero-order valence-electron chi connectivity index (χ0n) is 14.7. The van der Waals surface area contributed by atoms with Crippen LogP contribution in [0.4, 0.5) is 0 Å². The molecule has 0 unspecified atom stereocenters. The molecule has 1 fully saturated rings. The average Bonchev–Trinajstić information content (AvgIpc) is 3.14. The molecule has 132 valence electrons. The van der Waals surface area contributed by atoms with Gasteiger partial charge in [-0.2, -0.15) is 0 Å². The van der Waals surface area contributed by atoms with Crippen molar-refractivity contribution in [3.05, 3.63) is 42.0 Å². The van der Waals surface area contributed by atoms with Crippen molar-refractivity contribution < 1.29 is 19.1 Å². The Hall–Kier alpha value is -2.56. The molecule has 1 aliphatic heterocycles. The number of nitrogens with zero attached hydrogens (tertiary/aromatic N) is 1. The summed E-state index contributed by atoms with van der Waals surface area (Å²) in [6.07, 6.45) is 2.28. The number of hydrogen-bond acceptors (Lipinski definition) is 4. The van der Waals surface area contributed by atoms with Gasteiger partial charge >= 0.3 is 5.97 Å². The molecule has 5 nitrogen and oxygen atoms in total. The number of ether oxygens (including phenoxy) is 2. The van der Waals surface area contributed by atoms with E-state index in [-0.39, 0.29) is 11.9 Å². The van der Waals surface area contributed by atoms with E-state index in [9.17, 15) is 9.59 Å². The van der Waals surface area contributed by atoms with Crippen LogP contribution in [0.15, 0.2) is 36.4 Å². The van der Waals surface area contributed by atoms with E-state index >= 15 is 0 Å². The van der Waals surface area contributed by atoms with Crippen LogP contribution < -0.4 is 4.74 Å². The maximum Gasteiger partial charge on any atom is 0.328 e. The van der Waals surface area contributed by atoms with E-state index in [1.54, 1.807) is 4.90 Å². The van der Waals surface area contributed by atoms with Crippen molar-refractivity contribution in [1.82, 2.24) is 4.90 Å². The fourth-order valence-corrected chi connectivity index (χ4v) is 3.34. The van der Waals surface area contributed by atoms with Crippen LogP contribution in [0.3, 0.4) is 0 Å². The third-order valence-corrected chi connectivity index (χ3v) is 4.55. The summed E-state index contributed by atoms with van der Waals surface area (Å²) in [6.45, 7) is 3.12. The first-order valence-corrected chi connectivity index (χ1v) is 8.70. The topological polar surface area (TPSA) is 55.8 Å². The second-order valence-corrected chi connectivity index (χ2v) is 6.19. The Morgan fingerprint density at radius 3 is 2.76 bits per heavy atom. The zero-order valence-corrected chi connectivity index (χ0v) is 14.7. The third-order valence-electron chi connectivity index (χ3n) is 4.55. The zero-order chi connectivity index (χ0) is 17.8. The largest absolute Gasteiger partial charge is 0.493 e. The van der Waals surface area contributed by atoms with Crippen LogP contribution in [0.25, 0.3) is 10.8 Å². The molecule has 0 aromatic heterocycles. The molecule has 0 bridgehead atoms. The molecular formula is C20H23NO4. The lowest BCUT2D eigenvalue weighted by molar-refractivity contribution is -0.145. The van der Waals surface area contributed by atoms with Gasteiger partial charge in [0.1, 0.15) is 11.8 Å². The van der Waals surface area contributed by atoms with Crippen molar-refractivity contribution in [2.24, 2.45) is 0 Å². The molecule has 0 aliphatic carbocycles. The van der Waals surface area contributed by atoms with Crippen LogP contribution in [0.1, 0.15) is 36.5 Å². The summed E-state index contributed by atoms with van der Waals surface area (Å²) in [5.41, 5.74) is 0.530. The molecule has 0 radical (unpaired) electrons. The maximum absolute atomic E-state index is 13.3. The Balaban J connectivity index is 2.05. The van der Waals surface area contributed by atoms with E-state index < -0.39 is 6.04 Å². The fraction of sp³-hybridized carbons (Fsp3) is 0.400. The van der Waals surface area contributed by atoms with Crippen LogP contribution in [0.2, 0.25) is 0 Å². The molecule has 2 aromatic rings. The fourth-order valence-electron chi connectivity index (χ4n) is 3.34. The number of methoxy groups -OCH3 is 1. The highest BCUT2D eigenvalue weighted by Crippen LogP contribution is 2.32. The summed E-state index contributed by atoms with van der Waals surface area (Å²) >= 11 is 0. The van der Waals surface area contributed by atoms with Gasteiger partial charge in [0.25, 0.3) is 5.91 Å². The lowest BCUT2D eigenvalue weighted by Gasteiger charge is -2.24. The predicted molar refractivity (Wildman–Crippen MR) is 95.8 cm³/mol. The standard InChI is InChI=1S/C20H23NO4/c1-3-13-25-17-11-10-14-7-4-5-8-15(14)18(17)19(22)21-12-6-9-16(21)20(23)24-2/h4-5,7-8,10-11,16H,3,6,9,12-13H2,1-2H3/t16-/m0/s1. The number of benzene rings is 2. The molecular weight excluding hydrogens is 318 g/mol. The van der Waals surface area contributed by atoms with Crippen LogP contribution in [0, 0.1) is 0 Å². The van der Waals surface area contributed by atoms with Crippen molar-refractivity contribution in [3.63, 3.8) is 0 Å². The smallest absolute Gasteiger partial charge is 0.328 e. The molecule has 0 saturated carbocycles. The van der Waals surface area contributed by atoms with Crippen LogP contribution in [0.5, 0.6) is 5.75 Å². The maximum atomic E-state index is 13.3. The lowest BCUT2D eigenvalue weighted by atomic mass is 10.0. The Bertz CT molecular complexity index is 786. The number of likely N-dealkylation sites (tertiary alicyclic amines) is 1. The number of hydrogen-bond donors (Lipinski definition) is 0. The molecule has 1 aliphatic rings. The minimum Gasteiger partial charge on any atom is -0.493 e. The van der Waals surface area contributed by atoms with Gasteiger partial charge in [-0.3, -0.25) is 4.79 Å². The van der Waals surface area contributed by atoms with E-state index in [0.717, 1.165) is 23.6 Å². The predicted octanol–water partition coefficient (Wildman–Crippen LogP) is 3.41. The van der Waals surface area contributed by atoms with Crippen molar-refractivity contribution in [2.45, 2.75) is 32.2 Å². The Morgan fingerprint density at radius 2 is 2.00 bits per heavy atom. The summed E-state index contributed by atoms with van der Waals surface area (Å²) in [6, 6.07) is 11.0. The highest BCUT2D eigenvalue weighted by atomic mass is 16.5. The highest BCUT2D eigenvalue weighted by Gasteiger charge is 2.36. The summed E-state index contributed by atoms with van der Waals surface area (Å²) in [4.78, 5) is 27.0. The summed E-state index contributed by atoms with van der Waals surface area (Å²) in [5, 5.41) is 1.82. The molecule has 2 aromatic carbocycles. The van der Waals surface area contributed by atoms with Gasteiger partial charge in [-0.15, -0.1) is 0 Å². The van der Waals surface area contributed by atoms with Gasteiger partial charge in [-0.1, -0.05) is 37.3 Å². The van der Waals surface area contributed by atoms with Gasteiger partial charge in [-0.25, -0.2) is 4.79 Å². The second kappa shape index (κ2) is 7.55. The summed E-state index contributed by atoms with van der Waals surface area (Å²) < 4.78 is 10.7. The van der Waals surface area contributed by atoms with Gasteiger partial charge < -0.3 is 14.4 Å². The first-order valence-electron chi connectivity index (χ1n) is 8.70. The quantitative estimate of drug-likeness (QED) is 0.782. The minimum atomic E-state index is -0.518.